The monoisotopic (exact) mass is 402 g/mol. The number of rotatable bonds is 5. The van der Waals surface area contributed by atoms with E-state index in [1.807, 2.05) is 12.1 Å². The van der Waals surface area contributed by atoms with Crippen molar-refractivity contribution in [2.45, 2.75) is 62.9 Å². The molecule has 2 fully saturated rings. The van der Waals surface area contributed by atoms with Gasteiger partial charge in [-0.2, -0.15) is 5.10 Å². The average molecular weight is 403 g/mol. The zero-order chi connectivity index (χ0) is 20.3. The van der Waals surface area contributed by atoms with Crippen LogP contribution in [0.3, 0.4) is 0 Å². The van der Waals surface area contributed by atoms with E-state index < -0.39 is 0 Å². The predicted octanol–water partition coefficient (Wildman–Crippen LogP) is 3.96. The van der Waals surface area contributed by atoms with Gasteiger partial charge in [0.15, 0.2) is 0 Å². The van der Waals surface area contributed by atoms with Crippen molar-refractivity contribution >= 4 is 5.82 Å². The fraction of sp³-hybridized carbons (Fsp3) is 0.435. The summed E-state index contributed by atoms with van der Waals surface area (Å²) in [6, 6.07) is 9.84. The van der Waals surface area contributed by atoms with E-state index in [-0.39, 0.29) is 11.6 Å². The lowest BCUT2D eigenvalue weighted by Crippen LogP contribution is -2.33. The second-order valence-corrected chi connectivity index (χ2v) is 8.35. The topological polar surface area (TPSA) is 85.6 Å². The second-order valence-electron chi connectivity index (χ2n) is 8.35. The van der Waals surface area contributed by atoms with Gasteiger partial charge in [0.25, 0.3) is 5.56 Å². The number of pyridine rings is 1. The van der Waals surface area contributed by atoms with Crippen LogP contribution in [-0.2, 0) is 0 Å². The second kappa shape index (κ2) is 8.34. The Labute approximate surface area is 175 Å². The van der Waals surface area contributed by atoms with Gasteiger partial charge in [-0.15, -0.1) is 0 Å². The molecule has 154 valence electrons. The Morgan fingerprint density at radius 1 is 1.00 bits per heavy atom. The van der Waals surface area contributed by atoms with Gasteiger partial charge in [0.2, 0.25) is 0 Å². The highest BCUT2D eigenvalue weighted by atomic mass is 16.1. The van der Waals surface area contributed by atoms with Gasteiger partial charge < -0.3 is 5.32 Å². The Bertz CT molecular complexity index is 1050. The average Bonchev–Trinajstić information content (AvgIpc) is 2.75. The first kappa shape index (κ1) is 18.9. The van der Waals surface area contributed by atoms with E-state index in [4.69, 9.17) is 0 Å². The molecule has 0 aliphatic heterocycles. The summed E-state index contributed by atoms with van der Waals surface area (Å²) in [6.07, 6.45) is 12.8. The smallest absolute Gasteiger partial charge is 0.267 e. The van der Waals surface area contributed by atoms with E-state index in [0.717, 1.165) is 48.5 Å². The van der Waals surface area contributed by atoms with Gasteiger partial charge in [0.1, 0.15) is 12.1 Å². The maximum Gasteiger partial charge on any atom is 0.267 e. The van der Waals surface area contributed by atoms with Crippen LogP contribution in [0.1, 0.15) is 62.6 Å². The number of hydrogen-bond donors (Lipinski definition) is 1. The molecule has 2 aliphatic carbocycles. The van der Waals surface area contributed by atoms with Crippen LogP contribution in [0.25, 0.3) is 11.3 Å². The number of anilines is 1. The highest BCUT2D eigenvalue weighted by molar-refractivity contribution is 5.56. The molecule has 0 spiro atoms. The first-order valence-corrected chi connectivity index (χ1v) is 10.8. The summed E-state index contributed by atoms with van der Waals surface area (Å²) in [5, 5.41) is 8.23. The Morgan fingerprint density at radius 3 is 2.60 bits per heavy atom. The Hall–Kier alpha value is -3.09. The first-order chi connectivity index (χ1) is 14.8. The van der Waals surface area contributed by atoms with Gasteiger partial charge in [-0.3, -0.25) is 9.78 Å². The van der Waals surface area contributed by atoms with Crippen molar-refractivity contribution < 1.29 is 0 Å². The van der Waals surface area contributed by atoms with Crippen LogP contribution < -0.4 is 10.9 Å². The van der Waals surface area contributed by atoms with Crippen LogP contribution in [0.4, 0.5) is 5.82 Å². The summed E-state index contributed by atoms with van der Waals surface area (Å²) in [7, 11) is 0. The van der Waals surface area contributed by atoms with Crippen LogP contribution >= 0.6 is 0 Å². The third-order valence-corrected chi connectivity index (χ3v) is 6.39. The quantitative estimate of drug-likeness (QED) is 0.695. The summed E-state index contributed by atoms with van der Waals surface area (Å²) in [5.41, 5.74) is 2.83. The Kier molecular flexibility index (Phi) is 5.26. The zero-order valence-corrected chi connectivity index (χ0v) is 16.9. The fourth-order valence-electron chi connectivity index (χ4n) is 4.41. The van der Waals surface area contributed by atoms with Crippen LogP contribution in [0.15, 0.2) is 53.8 Å². The minimum atomic E-state index is -0.0417. The van der Waals surface area contributed by atoms with Crippen LogP contribution in [0.5, 0.6) is 0 Å². The minimum Gasteiger partial charge on any atom is -0.367 e. The predicted molar refractivity (Wildman–Crippen MR) is 115 cm³/mol. The molecule has 0 amide bonds. The zero-order valence-electron chi connectivity index (χ0n) is 16.9. The molecular weight excluding hydrogens is 376 g/mol. The molecule has 2 saturated carbocycles. The van der Waals surface area contributed by atoms with Gasteiger partial charge in [-0.25, -0.2) is 14.6 Å². The third-order valence-electron chi connectivity index (χ3n) is 6.39. The van der Waals surface area contributed by atoms with E-state index in [0.29, 0.717) is 12.0 Å². The molecule has 5 rings (SSSR count). The molecule has 3 heterocycles. The summed E-state index contributed by atoms with van der Waals surface area (Å²) in [6.45, 7) is 0. The highest BCUT2D eigenvalue weighted by Gasteiger charge is 2.25. The number of nitrogens with zero attached hydrogens (tertiary/aromatic N) is 5. The number of hydrogen-bond acceptors (Lipinski definition) is 6. The minimum absolute atomic E-state index is 0.0417. The third kappa shape index (κ3) is 3.97. The van der Waals surface area contributed by atoms with E-state index in [1.54, 1.807) is 35.5 Å². The molecule has 7 nitrogen and oxygen atoms in total. The SMILES string of the molecule is O=c1ccc(-c2cccnc2)nn1C1CCC(Nc2cc(C3CCC3)ncn2)CC1. The van der Waals surface area contributed by atoms with E-state index in [1.165, 1.54) is 19.3 Å². The largest absolute Gasteiger partial charge is 0.367 e. The van der Waals surface area contributed by atoms with Gasteiger partial charge >= 0.3 is 0 Å². The Balaban J connectivity index is 1.25. The molecule has 0 saturated heterocycles. The van der Waals surface area contributed by atoms with Crippen molar-refractivity contribution in [3.8, 4) is 11.3 Å². The summed E-state index contributed by atoms with van der Waals surface area (Å²) < 4.78 is 1.66. The van der Waals surface area contributed by atoms with Crippen molar-refractivity contribution in [2.75, 3.05) is 5.32 Å². The molecule has 7 heteroatoms. The van der Waals surface area contributed by atoms with Crippen molar-refractivity contribution in [1.82, 2.24) is 24.7 Å². The van der Waals surface area contributed by atoms with Crippen LogP contribution in [0.2, 0.25) is 0 Å². The normalized spacial score (nSPS) is 21.7. The lowest BCUT2D eigenvalue weighted by Gasteiger charge is -2.30. The van der Waals surface area contributed by atoms with Crippen LogP contribution in [0, 0.1) is 0 Å². The molecule has 3 aromatic rings. The molecule has 2 aliphatic rings. The van der Waals surface area contributed by atoms with E-state index >= 15 is 0 Å². The molecule has 0 unspecified atom stereocenters. The molecule has 30 heavy (non-hydrogen) atoms. The maximum atomic E-state index is 12.5. The fourth-order valence-corrected chi connectivity index (χ4v) is 4.41. The Morgan fingerprint density at radius 2 is 1.87 bits per heavy atom. The number of aromatic nitrogens is 5. The lowest BCUT2D eigenvalue weighted by molar-refractivity contribution is 0.304. The number of nitrogens with one attached hydrogen (secondary N) is 1. The molecule has 3 aromatic heterocycles. The molecule has 0 aromatic carbocycles. The van der Waals surface area contributed by atoms with Crippen molar-refractivity contribution in [1.29, 1.82) is 0 Å². The van der Waals surface area contributed by atoms with Crippen molar-refractivity contribution in [2.24, 2.45) is 0 Å². The van der Waals surface area contributed by atoms with Crippen molar-refractivity contribution in [3.63, 3.8) is 0 Å². The molecule has 0 radical (unpaired) electrons. The summed E-state index contributed by atoms with van der Waals surface area (Å²) in [4.78, 5) is 25.5. The van der Waals surface area contributed by atoms with Gasteiger partial charge in [-0.05, 0) is 56.7 Å². The van der Waals surface area contributed by atoms with Gasteiger partial charge in [0.05, 0.1) is 11.7 Å². The standard InChI is InChI=1S/C23H26N6O/c30-23-11-10-20(17-5-2-12-24-14-17)28-29(23)19-8-6-18(7-9-19)27-22-13-21(25-15-26-22)16-3-1-4-16/h2,5,10-16,18-19H,1,3-4,6-9H2,(H,25,26,27). The lowest BCUT2D eigenvalue weighted by atomic mass is 9.83. The van der Waals surface area contributed by atoms with Crippen LogP contribution in [-0.4, -0.2) is 30.8 Å². The molecular formula is C23H26N6O. The highest BCUT2D eigenvalue weighted by Crippen LogP contribution is 2.36. The summed E-state index contributed by atoms with van der Waals surface area (Å²) in [5.74, 6) is 1.53. The van der Waals surface area contributed by atoms with Gasteiger partial charge in [0, 0.05) is 47.7 Å². The molecule has 0 bridgehead atoms. The maximum absolute atomic E-state index is 12.5. The molecule has 1 N–H and O–H groups in total. The molecule has 0 atom stereocenters. The van der Waals surface area contributed by atoms with Crippen molar-refractivity contribution in [3.05, 3.63) is 65.1 Å². The van der Waals surface area contributed by atoms with E-state index in [2.05, 4.69) is 31.4 Å². The summed E-state index contributed by atoms with van der Waals surface area (Å²) >= 11 is 0. The van der Waals surface area contributed by atoms with Gasteiger partial charge in [-0.1, -0.05) is 6.42 Å². The van der Waals surface area contributed by atoms with E-state index in [9.17, 15) is 4.79 Å². The first-order valence-electron chi connectivity index (χ1n) is 10.8.